The first kappa shape index (κ1) is 16.4. The summed E-state index contributed by atoms with van der Waals surface area (Å²) in [6.45, 7) is 0. The molecule has 0 spiro atoms. The Hall–Kier alpha value is -1.01. The molecule has 2 aromatic rings. The fourth-order valence-corrected chi connectivity index (χ4v) is 3.47. The molecule has 0 saturated heterocycles. The summed E-state index contributed by atoms with van der Waals surface area (Å²) in [6, 6.07) is 13.7. The second-order valence-corrected chi connectivity index (χ2v) is 8.17. The predicted molar refractivity (Wildman–Crippen MR) is 86.7 cm³/mol. The van der Waals surface area contributed by atoms with Crippen molar-refractivity contribution >= 4 is 33.2 Å². The van der Waals surface area contributed by atoms with Crippen LogP contribution in [0, 0.1) is 0 Å². The Morgan fingerprint density at radius 1 is 1.19 bits per heavy atom. The van der Waals surface area contributed by atoms with Crippen molar-refractivity contribution in [3.05, 3.63) is 59.1 Å². The normalized spacial score (nSPS) is 13.1. The third kappa shape index (κ3) is 4.74. The van der Waals surface area contributed by atoms with Gasteiger partial charge in [-0.1, -0.05) is 23.7 Å². The SMILES string of the molecule is CS(=O)(=O)c1ccc(SC[C@@H](O)c2cccc(Cl)c2)cc1. The van der Waals surface area contributed by atoms with Crippen molar-refractivity contribution in [1.29, 1.82) is 0 Å². The van der Waals surface area contributed by atoms with Gasteiger partial charge in [0.05, 0.1) is 11.0 Å². The number of rotatable bonds is 5. The minimum atomic E-state index is -3.17. The highest BCUT2D eigenvalue weighted by Gasteiger charge is 2.10. The summed E-state index contributed by atoms with van der Waals surface area (Å²) in [4.78, 5) is 1.20. The van der Waals surface area contributed by atoms with Gasteiger partial charge in [-0.3, -0.25) is 0 Å². The lowest BCUT2D eigenvalue weighted by atomic mass is 10.1. The van der Waals surface area contributed by atoms with Crippen molar-refractivity contribution in [2.24, 2.45) is 0 Å². The summed E-state index contributed by atoms with van der Waals surface area (Å²) in [7, 11) is -3.17. The second-order valence-electron chi connectivity index (χ2n) is 4.63. The summed E-state index contributed by atoms with van der Waals surface area (Å²) < 4.78 is 22.7. The molecule has 112 valence electrons. The zero-order valence-corrected chi connectivity index (χ0v) is 13.8. The number of sulfone groups is 1. The van der Waals surface area contributed by atoms with E-state index in [-0.39, 0.29) is 0 Å². The lowest BCUT2D eigenvalue weighted by Crippen LogP contribution is -2.00. The molecule has 0 aliphatic carbocycles. The molecular weight excluding hydrogens is 328 g/mol. The van der Waals surface area contributed by atoms with E-state index in [1.807, 2.05) is 6.07 Å². The van der Waals surface area contributed by atoms with Gasteiger partial charge in [0, 0.05) is 21.9 Å². The van der Waals surface area contributed by atoms with Gasteiger partial charge >= 0.3 is 0 Å². The van der Waals surface area contributed by atoms with E-state index >= 15 is 0 Å². The van der Waals surface area contributed by atoms with E-state index in [4.69, 9.17) is 11.6 Å². The third-order valence-electron chi connectivity index (χ3n) is 2.89. The lowest BCUT2D eigenvalue weighted by molar-refractivity contribution is 0.204. The van der Waals surface area contributed by atoms with Crippen LogP contribution in [-0.2, 0) is 9.84 Å². The van der Waals surface area contributed by atoms with Gasteiger partial charge in [0.25, 0.3) is 0 Å². The number of thioether (sulfide) groups is 1. The number of aliphatic hydroxyl groups excluding tert-OH is 1. The van der Waals surface area contributed by atoms with Crippen LogP contribution in [0.4, 0.5) is 0 Å². The van der Waals surface area contributed by atoms with Crippen molar-refractivity contribution in [3.8, 4) is 0 Å². The standard InChI is InChI=1S/C15H15ClO3S2/c1-21(18,19)14-7-5-13(6-8-14)20-10-15(17)11-3-2-4-12(16)9-11/h2-9,15,17H,10H2,1H3/t15-/m1/s1. The highest BCUT2D eigenvalue weighted by atomic mass is 35.5. The smallest absolute Gasteiger partial charge is 0.175 e. The fourth-order valence-electron chi connectivity index (χ4n) is 1.77. The van der Waals surface area contributed by atoms with Gasteiger partial charge in [0.15, 0.2) is 9.84 Å². The molecule has 0 saturated carbocycles. The molecule has 0 amide bonds. The first-order chi connectivity index (χ1) is 9.86. The number of benzene rings is 2. The largest absolute Gasteiger partial charge is 0.388 e. The van der Waals surface area contributed by atoms with Crippen molar-refractivity contribution < 1.29 is 13.5 Å². The van der Waals surface area contributed by atoms with Gasteiger partial charge < -0.3 is 5.11 Å². The molecule has 0 heterocycles. The van der Waals surface area contributed by atoms with Crippen molar-refractivity contribution in [2.45, 2.75) is 15.9 Å². The molecule has 0 aromatic heterocycles. The molecule has 0 aliphatic heterocycles. The fraction of sp³-hybridized carbons (Fsp3) is 0.200. The quantitative estimate of drug-likeness (QED) is 0.844. The van der Waals surface area contributed by atoms with Crippen LogP contribution < -0.4 is 0 Å². The van der Waals surface area contributed by atoms with E-state index in [0.717, 1.165) is 10.5 Å². The number of halogens is 1. The van der Waals surface area contributed by atoms with Gasteiger partial charge in [-0.05, 0) is 42.0 Å². The van der Waals surface area contributed by atoms with Gasteiger partial charge in [-0.25, -0.2) is 8.42 Å². The Bertz CT molecular complexity index is 712. The summed E-state index contributed by atoms with van der Waals surface area (Å²) >= 11 is 7.35. The lowest BCUT2D eigenvalue weighted by Gasteiger charge is -2.11. The summed E-state index contributed by atoms with van der Waals surface area (Å²) in [5.74, 6) is 0.471. The zero-order chi connectivity index (χ0) is 15.5. The van der Waals surface area contributed by atoms with Gasteiger partial charge in [-0.15, -0.1) is 11.8 Å². The van der Waals surface area contributed by atoms with Crippen LogP contribution >= 0.6 is 23.4 Å². The van der Waals surface area contributed by atoms with Crippen LogP contribution in [0.15, 0.2) is 58.3 Å². The maximum atomic E-state index is 11.4. The van der Waals surface area contributed by atoms with E-state index in [2.05, 4.69) is 0 Å². The molecule has 2 aromatic carbocycles. The van der Waals surface area contributed by atoms with Crippen LogP contribution in [0.2, 0.25) is 5.02 Å². The minimum absolute atomic E-state index is 0.294. The summed E-state index contributed by atoms with van der Waals surface area (Å²) in [5.41, 5.74) is 0.766. The average Bonchev–Trinajstić information content (AvgIpc) is 2.44. The maximum Gasteiger partial charge on any atom is 0.175 e. The van der Waals surface area contributed by atoms with E-state index in [1.54, 1.807) is 42.5 Å². The Morgan fingerprint density at radius 2 is 1.86 bits per heavy atom. The monoisotopic (exact) mass is 342 g/mol. The Kier molecular flexibility index (Phi) is 5.32. The Labute approximate surface area is 133 Å². The van der Waals surface area contributed by atoms with Crippen LogP contribution in [0.5, 0.6) is 0 Å². The topological polar surface area (TPSA) is 54.4 Å². The minimum Gasteiger partial charge on any atom is -0.388 e. The highest BCUT2D eigenvalue weighted by Crippen LogP contribution is 2.26. The van der Waals surface area contributed by atoms with E-state index in [1.165, 1.54) is 18.0 Å². The Morgan fingerprint density at radius 3 is 2.43 bits per heavy atom. The summed E-state index contributed by atoms with van der Waals surface area (Å²) in [5, 5.41) is 10.7. The van der Waals surface area contributed by atoms with E-state index < -0.39 is 15.9 Å². The van der Waals surface area contributed by atoms with Crippen LogP contribution in [0.25, 0.3) is 0 Å². The first-order valence-corrected chi connectivity index (χ1v) is 9.48. The molecule has 0 bridgehead atoms. The molecular formula is C15H15ClO3S2. The third-order valence-corrected chi connectivity index (χ3v) is 5.34. The number of hydrogen-bond acceptors (Lipinski definition) is 4. The molecule has 0 fully saturated rings. The molecule has 21 heavy (non-hydrogen) atoms. The predicted octanol–water partition coefficient (Wildman–Crippen LogP) is 3.57. The molecule has 1 atom stereocenters. The number of aliphatic hydroxyl groups is 1. The molecule has 3 nitrogen and oxygen atoms in total. The summed E-state index contributed by atoms with van der Waals surface area (Å²) in [6.07, 6.45) is 0.557. The van der Waals surface area contributed by atoms with Crippen molar-refractivity contribution in [1.82, 2.24) is 0 Å². The zero-order valence-electron chi connectivity index (χ0n) is 11.4. The molecule has 6 heteroatoms. The van der Waals surface area contributed by atoms with Crippen molar-refractivity contribution in [2.75, 3.05) is 12.0 Å². The molecule has 0 radical (unpaired) electrons. The molecule has 0 unspecified atom stereocenters. The van der Waals surface area contributed by atoms with Gasteiger partial charge in [0.1, 0.15) is 0 Å². The van der Waals surface area contributed by atoms with Gasteiger partial charge in [-0.2, -0.15) is 0 Å². The van der Waals surface area contributed by atoms with Crippen LogP contribution in [0.1, 0.15) is 11.7 Å². The number of hydrogen-bond donors (Lipinski definition) is 1. The Balaban J connectivity index is 2.00. The average molecular weight is 343 g/mol. The first-order valence-electron chi connectivity index (χ1n) is 6.23. The van der Waals surface area contributed by atoms with Gasteiger partial charge in [0.2, 0.25) is 0 Å². The van der Waals surface area contributed by atoms with Crippen molar-refractivity contribution in [3.63, 3.8) is 0 Å². The maximum absolute atomic E-state index is 11.4. The molecule has 0 aliphatic rings. The van der Waals surface area contributed by atoms with E-state index in [0.29, 0.717) is 15.7 Å². The second kappa shape index (κ2) is 6.83. The van der Waals surface area contributed by atoms with Crippen LogP contribution in [0.3, 0.4) is 0 Å². The molecule has 1 N–H and O–H groups in total. The van der Waals surface area contributed by atoms with E-state index in [9.17, 15) is 13.5 Å². The van der Waals surface area contributed by atoms with Crippen LogP contribution in [-0.4, -0.2) is 25.5 Å². The molecule has 2 rings (SSSR count). The highest BCUT2D eigenvalue weighted by molar-refractivity contribution is 7.99.